The zero-order valence-corrected chi connectivity index (χ0v) is 20.1. The van der Waals surface area contributed by atoms with Crippen LogP contribution in [0.5, 0.6) is 0 Å². The van der Waals surface area contributed by atoms with Crippen LogP contribution < -0.4 is 5.73 Å². The van der Waals surface area contributed by atoms with Crippen molar-refractivity contribution >= 4 is 73.3 Å². The molecular weight excluding hydrogens is 511 g/mol. The molecule has 38 heavy (non-hydrogen) atoms. The molecule has 184 valence electrons. The number of carbonyl (C=O) groups is 1. The molecule has 0 saturated heterocycles. The van der Waals surface area contributed by atoms with Crippen LogP contribution in [0.4, 0.5) is 17.1 Å². The molecule has 1 aromatic heterocycles. The number of hydrogen-bond acceptors (Lipinski definition) is 7. The molecule has 5 aromatic rings. The van der Waals surface area contributed by atoms with Crippen LogP contribution in [0.15, 0.2) is 118 Å². The molecule has 0 aliphatic heterocycles. The van der Waals surface area contributed by atoms with Crippen molar-refractivity contribution in [2.75, 3.05) is 5.73 Å². The van der Waals surface area contributed by atoms with Gasteiger partial charge in [0.2, 0.25) is 0 Å². The number of hydrogen-bond donors (Lipinski definition) is 2. The van der Waals surface area contributed by atoms with Crippen molar-refractivity contribution in [3.63, 3.8) is 0 Å². The van der Waals surface area contributed by atoms with Crippen molar-refractivity contribution < 1.29 is 17.8 Å². The molecule has 0 saturated carbocycles. The number of ketones is 1. The SMILES string of the molecule is Nc1c(N=Nc2ccc(-c3ccc(C(=O)c4ccccc4)cc3)nc2)cc(S(=O)(=O)O)c2ccccc12.[NaH]. The molecule has 4 aromatic carbocycles. The van der Waals surface area contributed by atoms with Crippen molar-refractivity contribution in [1.29, 1.82) is 0 Å². The first kappa shape index (κ1) is 27.3. The number of carbonyl (C=O) groups excluding carboxylic acids is 1. The fourth-order valence-corrected chi connectivity index (χ4v) is 4.64. The molecule has 0 atom stereocenters. The number of rotatable bonds is 6. The Morgan fingerprint density at radius 3 is 2.05 bits per heavy atom. The predicted octanol–water partition coefficient (Wildman–Crippen LogP) is 5.73. The third-order valence-electron chi connectivity index (χ3n) is 5.80. The van der Waals surface area contributed by atoms with Crippen LogP contribution in [0.2, 0.25) is 0 Å². The van der Waals surface area contributed by atoms with Crippen molar-refractivity contribution in [3.8, 4) is 11.3 Å². The normalized spacial score (nSPS) is 11.4. The average molecular weight is 533 g/mol. The van der Waals surface area contributed by atoms with Gasteiger partial charge in [-0.15, -0.1) is 10.2 Å². The molecule has 0 amide bonds. The second-order valence-electron chi connectivity index (χ2n) is 8.20. The second kappa shape index (κ2) is 11.3. The van der Waals surface area contributed by atoms with Gasteiger partial charge in [0.1, 0.15) is 16.3 Å². The quantitative estimate of drug-likeness (QED) is 0.0943. The second-order valence-corrected chi connectivity index (χ2v) is 9.59. The third-order valence-corrected chi connectivity index (χ3v) is 6.70. The third kappa shape index (κ3) is 5.72. The first-order valence-corrected chi connectivity index (χ1v) is 12.6. The van der Waals surface area contributed by atoms with Gasteiger partial charge in [-0.05, 0) is 18.2 Å². The Balaban J connectivity index is 0.00000336. The van der Waals surface area contributed by atoms with Crippen molar-refractivity contribution in [1.82, 2.24) is 4.98 Å². The number of azo groups is 1. The standard InChI is InChI=1S/C28H20N4O4S.Na.H/c29-27-23-9-5-4-8-22(23)26(37(34,35)36)16-25(27)32-31-21-14-15-24(30-17-21)18-10-12-20(13-11-18)28(33)19-6-2-1-3-7-19;;/h1-17H,29H2,(H,34,35,36);;. The Morgan fingerprint density at radius 1 is 0.789 bits per heavy atom. The molecule has 0 unspecified atom stereocenters. The number of nitrogens with zero attached hydrogens (tertiary/aromatic N) is 3. The number of nitrogen functional groups attached to an aromatic ring is 1. The van der Waals surface area contributed by atoms with E-state index in [1.54, 1.807) is 60.7 Å². The van der Waals surface area contributed by atoms with Crippen molar-refractivity contribution in [3.05, 3.63) is 114 Å². The number of anilines is 1. The van der Waals surface area contributed by atoms with Gasteiger partial charge < -0.3 is 5.73 Å². The maximum absolute atomic E-state index is 12.6. The van der Waals surface area contributed by atoms with Crippen molar-refractivity contribution in [2.24, 2.45) is 10.2 Å². The molecule has 0 spiro atoms. The summed E-state index contributed by atoms with van der Waals surface area (Å²) in [6.07, 6.45) is 1.52. The molecular formula is C28H21N4NaO4S. The number of fused-ring (bicyclic) bond motifs is 1. The van der Waals surface area contributed by atoms with Gasteiger partial charge in [0.15, 0.2) is 5.78 Å². The summed E-state index contributed by atoms with van der Waals surface area (Å²) in [5.74, 6) is -0.0546. The van der Waals surface area contributed by atoms with Crippen LogP contribution in [0, 0.1) is 0 Å². The van der Waals surface area contributed by atoms with E-state index in [2.05, 4.69) is 15.2 Å². The van der Waals surface area contributed by atoms with Gasteiger partial charge in [-0.2, -0.15) is 8.42 Å². The molecule has 5 rings (SSSR count). The Morgan fingerprint density at radius 2 is 1.42 bits per heavy atom. The molecule has 8 nitrogen and oxygen atoms in total. The molecule has 0 aliphatic rings. The van der Waals surface area contributed by atoms with E-state index in [0.717, 1.165) is 5.56 Å². The molecule has 0 radical (unpaired) electrons. The van der Waals surface area contributed by atoms with Crippen LogP contribution in [0.3, 0.4) is 0 Å². The zero-order valence-electron chi connectivity index (χ0n) is 19.3. The van der Waals surface area contributed by atoms with E-state index in [-0.39, 0.29) is 51.6 Å². The summed E-state index contributed by atoms with van der Waals surface area (Å²) in [4.78, 5) is 16.7. The first-order chi connectivity index (χ1) is 17.8. The van der Waals surface area contributed by atoms with Crippen LogP contribution in [0.1, 0.15) is 15.9 Å². The summed E-state index contributed by atoms with van der Waals surface area (Å²) in [6.45, 7) is 0. The van der Waals surface area contributed by atoms with E-state index in [1.165, 1.54) is 12.3 Å². The summed E-state index contributed by atoms with van der Waals surface area (Å²) in [7, 11) is -4.50. The summed E-state index contributed by atoms with van der Waals surface area (Å²) in [6, 6.07) is 27.5. The number of nitrogens with two attached hydrogens (primary N) is 1. The average Bonchev–Trinajstić information content (AvgIpc) is 2.92. The van der Waals surface area contributed by atoms with Gasteiger partial charge in [-0.25, -0.2) is 0 Å². The van der Waals surface area contributed by atoms with E-state index in [0.29, 0.717) is 33.3 Å². The fourth-order valence-electron chi connectivity index (χ4n) is 3.92. The summed E-state index contributed by atoms with van der Waals surface area (Å²) >= 11 is 0. The van der Waals surface area contributed by atoms with E-state index < -0.39 is 10.1 Å². The van der Waals surface area contributed by atoms with Crippen LogP contribution in [-0.2, 0) is 10.1 Å². The minimum absolute atomic E-state index is 0. The Bertz CT molecular complexity index is 1760. The van der Waals surface area contributed by atoms with E-state index >= 15 is 0 Å². The molecule has 1 heterocycles. The number of benzene rings is 4. The van der Waals surface area contributed by atoms with E-state index in [1.807, 2.05) is 30.3 Å². The van der Waals surface area contributed by atoms with Crippen LogP contribution >= 0.6 is 0 Å². The summed E-state index contributed by atoms with van der Waals surface area (Å²) < 4.78 is 33.5. The first-order valence-electron chi connectivity index (χ1n) is 11.2. The minimum atomic E-state index is -4.50. The maximum atomic E-state index is 12.6. The molecule has 3 N–H and O–H groups in total. The predicted molar refractivity (Wildman–Crippen MR) is 149 cm³/mol. The Labute approximate surface area is 241 Å². The van der Waals surface area contributed by atoms with E-state index in [4.69, 9.17) is 5.73 Å². The molecule has 0 fully saturated rings. The van der Waals surface area contributed by atoms with Crippen LogP contribution in [0.25, 0.3) is 22.0 Å². The van der Waals surface area contributed by atoms with E-state index in [9.17, 15) is 17.8 Å². The molecule has 10 heteroatoms. The fraction of sp³-hybridized carbons (Fsp3) is 0. The number of aromatic nitrogens is 1. The molecule has 0 aliphatic carbocycles. The zero-order chi connectivity index (χ0) is 26.0. The van der Waals surface area contributed by atoms with Gasteiger partial charge in [-0.3, -0.25) is 14.3 Å². The monoisotopic (exact) mass is 532 g/mol. The van der Waals surface area contributed by atoms with Crippen LogP contribution in [-0.4, -0.2) is 53.3 Å². The van der Waals surface area contributed by atoms with Gasteiger partial charge >= 0.3 is 29.6 Å². The topological polar surface area (TPSA) is 135 Å². The summed E-state index contributed by atoms with van der Waals surface area (Å²) in [5, 5.41) is 8.98. The number of pyridine rings is 1. The van der Waals surface area contributed by atoms with Crippen molar-refractivity contribution in [2.45, 2.75) is 4.90 Å². The summed E-state index contributed by atoms with van der Waals surface area (Å²) in [5.41, 5.74) is 9.66. The van der Waals surface area contributed by atoms with Gasteiger partial charge in [-0.1, -0.05) is 78.9 Å². The van der Waals surface area contributed by atoms with Gasteiger partial charge in [0.25, 0.3) is 10.1 Å². The Hall–Kier alpha value is -3.73. The molecule has 0 bridgehead atoms. The van der Waals surface area contributed by atoms with Gasteiger partial charge in [0, 0.05) is 27.5 Å². The Kier molecular flexibility index (Phi) is 8.15. The van der Waals surface area contributed by atoms with Gasteiger partial charge in [0.05, 0.1) is 17.6 Å².